The SMILES string of the molecule is CCCc1ccc(S(=O)(=O)N2CCN(CC(=O)NC(C)c3ccccc3Cl)CC2)cc1. The first-order valence-corrected chi connectivity index (χ1v) is 12.5. The van der Waals surface area contributed by atoms with Crippen LogP contribution in [-0.4, -0.2) is 56.3 Å². The molecule has 2 aromatic carbocycles. The zero-order chi connectivity index (χ0) is 22.4. The number of aryl methyl sites for hydroxylation is 1. The zero-order valence-electron chi connectivity index (χ0n) is 18.1. The van der Waals surface area contributed by atoms with Crippen LogP contribution >= 0.6 is 11.6 Å². The van der Waals surface area contributed by atoms with E-state index < -0.39 is 10.0 Å². The van der Waals surface area contributed by atoms with Crippen LogP contribution in [0.25, 0.3) is 0 Å². The van der Waals surface area contributed by atoms with Crippen molar-refractivity contribution in [2.24, 2.45) is 0 Å². The van der Waals surface area contributed by atoms with Crippen molar-refractivity contribution in [3.05, 3.63) is 64.7 Å². The van der Waals surface area contributed by atoms with Gasteiger partial charge in [-0.25, -0.2) is 8.42 Å². The van der Waals surface area contributed by atoms with Crippen LogP contribution in [0.4, 0.5) is 0 Å². The third kappa shape index (κ3) is 6.07. The van der Waals surface area contributed by atoms with Crippen molar-refractivity contribution >= 4 is 27.5 Å². The summed E-state index contributed by atoms with van der Waals surface area (Å²) in [4.78, 5) is 14.8. The fourth-order valence-electron chi connectivity index (χ4n) is 3.79. The standard InChI is InChI=1S/C23H30ClN3O3S/c1-3-6-19-9-11-20(12-10-19)31(29,30)27-15-13-26(14-16-27)17-23(28)25-18(2)21-7-4-5-8-22(21)24/h4-5,7-12,18H,3,6,13-17H2,1-2H3,(H,25,28). The molecule has 1 N–H and O–H groups in total. The summed E-state index contributed by atoms with van der Waals surface area (Å²) < 4.78 is 27.4. The van der Waals surface area contributed by atoms with Crippen LogP contribution < -0.4 is 5.32 Å². The molecule has 168 valence electrons. The van der Waals surface area contributed by atoms with E-state index in [9.17, 15) is 13.2 Å². The fourth-order valence-corrected chi connectivity index (χ4v) is 5.51. The maximum absolute atomic E-state index is 12.9. The van der Waals surface area contributed by atoms with Crippen molar-refractivity contribution in [1.82, 2.24) is 14.5 Å². The number of piperazine rings is 1. The molecule has 0 aromatic heterocycles. The minimum absolute atomic E-state index is 0.102. The number of carbonyl (C=O) groups is 1. The molecule has 1 fully saturated rings. The Labute approximate surface area is 190 Å². The van der Waals surface area contributed by atoms with Crippen LogP contribution in [0, 0.1) is 0 Å². The normalized spacial score (nSPS) is 16.7. The van der Waals surface area contributed by atoms with Crippen LogP contribution in [0.3, 0.4) is 0 Å². The Hall–Kier alpha value is -1.93. The van der Waals surface area contributed by atoms with Gasteiger partial charge in [-0.2, -0.15) is 4.31 Å². The van der Waals surface area contributed by atoms with Gasteiger partial charge in [0, 0.05) is 31.2 Å². The van der Waals surface area contributed by atoms with E-state index in [0.717, 1.165) is 24.0 Å². The molecule has 0 bridgehead atoms. The monoisotopic (exact) mass is 463 g/mol. The van der Waals surface area contributed by atoms with Crippen molar-refractivity contribution in [2.75, 3.05) is 32.7 Å². The van der Waals surface area contributed by atoms with Gasteiger partial charge < -0.3 is 5.32 Å². The van der Waals surface area contributed by atoms with Gasteiger partial charge in [0.05, 0.1) is 17.5 Å². The van der Waals surface area contributed by atoms with Crippen LogP contribution in [0.1, 0.15) is 37.4 Å². The third-order valence-electron chi connectivity index (χ3n) is 5.55. The summed E-state index contributed by atoms with van der Waals surface area (Å²) in [7, 11) is -3.51. The molecular formula is C23H30ClN3O3S. The molecule has 3 rings (SSSR count). The van der Waals surface area contributed by atoms with E-state index in [4.69, 9.17) is 11.6 Å². The molecule has 31 heavy (non-hydrogen) atoms. The number of rotatable bonds is 8. The predicted molar refractivity (Wildman–Crippen MR) is 124 cm³/mol. The number of carbonyl (C=O) groups excluding carboxylic acids is 1. The quantitative estimate of drug-likeness (QED) is 0.650. The highest BCUT2D eigenvalue weighted by Crippen LogP contribution is 2.22. The highest BCUT2D eigenvalue weighted by atomic mass is 35.5. The van der Waals surface area contributed by atoms with E-state index in [-0.39, 0.29) is 18.5 Å². The number of hydrogen-bond donors (Lipinski definition) is 1. The summed E-state index contributed by atoms with van der Waals surface area (Å²) in [5, 5.41) is 3.59. The summed E-state index contributed by atoms with van der Waals surface area (Å²) in [6.45, 7) is 5.99. The number of halogens is 1. The number of nitrogens with zero attached hydrogens (tertiary/aromatic N) is 2. The molecule has 8 heteroatoms. The maximum atomic E-state index is 12.9. The van der Waals surface area contributed by atoms with E-state index in [1.165, 1.54) is 4.31 Å². The summed E-state index contributed by atoms with van der Waals surface area (Å²) in [5.74, 6) is -0.102. The molecule has 1 unspecified atom stereocenters. The Kier molecular flexibility index (Phi) is 8.11. The molecule has 0 saturated carbocycles. The number of amides is 1. The molecule has 1 saturated heterocycles. The minimum Gasteiger partial charge on any atom is -0.348 e. The van der Waals surface area contributed by atoms with Gasteiger partial charge in [-0.05, 0) is 42.7 Å². The van der Waals surface area contributed by atoms with E-state index in [1.807, 2.05) is 42.2 Å². The first-order chi connectivity index (χ1) is 14.8. The Balaban J connectivity index is 1.52. The Morgan fingerprint density at radius 1 is 1.06 bits per heavy atom. The molecule has 0 aliphatic carbocycles. The molecule has 6 nitrogen and oxygen atoms in total. The molecule has 1 aliphatic heterocycles. The van der Waals surface area contributed by atoms with Crippen LogP contribution in [0.15, 0.2) is 53.4 Å². The lowest BCUT2D eigenvalue weighted by Gasteiger charge is -2.33. The number of benzene rings is 2. The van der Waals surface area contributed by atoms with Crippen molar-refractivity contribution in [2.45, 2.75) is 37.6 Å². The summed E-state index contributed by atoms with van der Waals surface area (Å²) in [6, 6.07) is 14.4. The first-order valence-electron chi connectivity index (χ1n) is 10.7. The molecule has 1 amide bonds. The van der Waals surface area contributed by atoms with Crippen molar-refractivity contribution in [3.63, 3.8) is 0 Å². The Bertz CT molecular complexity index is 987. The van der Waals surface area contributed by atoms with Gasteiger partial charge >= 0.3 is 0 Å². The average Bonchev–Trinajstić information content (AvgIpc) is 2.75. The van der Waals surface area contributed by atoms with Gasteiger partial charge in [0.25, 0.3) is 0 Å². The zero-order valence-corrected chi connectivity index (χ0v) is 19.6. The Morgan fingerprint density at radius 3 is 2.32 bits per heavy atom. The van der Waals surface area contributed by atoms with Crippen molar-refractivity contribution < 1.29 is 13.2 Å². The summed E-state index contributed by atoms with van der Waals surface area (Å²) >= 11 is 6.20. The second-order valence-electron chi connectivity index (χ2n) is 7.88. The molecule has 1 heterocycles. The lowest BCUT2D eigenvalue weighted by atomic mass is 10.1. The Morgan fingerprint density at radius 2 is 1.71 bits per heavy atom. The molecule has 0 spiro atoms. The number of sulfonamides is 1. The summed E-state index contributed by atoms with van der Waals surface area (Å²) in [6.07, 6.45) is 1.97. The van der Waals surface area contributed by atoms with Gasteiger partial charge in [-0.15, -0.1) is 0 Å². The third-order valence-corrected chi connectivity index (χ3v) is 7.80. The van der Waals surface area contributed by atoms with Gasteiger partial charge in [0.2, 0.25) is 15.9 Å². The van der Waals surface area contributed by atoms with Crippen molar-refractivity contribution in [1.29, 1.82) is 0 Å². The van der Waals surface area contributed by atoms with Crippen LogP contribution in [0.5, 0.6) is 0 Å². The number of nitrogens with one attached hydrogen (secondary N) is 1. The highest BCUT2D eigenvalue weighted by molar-refractivity contribution is 7.89. The molecule has 1 aliphatic rings. The smallest absolute Gasteiger partial charge is 0.243 e. The average molecular weight is 464 g/mol. The van der Waals surface area contributed by atoms with E-state index in [1.54, 1.807) is 18.2 Å². The highest BCUT2D eigenvalue weighted by Gasteiger charge is 2.29. The minimum atomic E-state index is -3.51. The van der Waals surface area contributed by atoms with Crippen LogP contribution in [0.2, 0.25) is 5.02 Å². The van der Waals surface area contributed by atoms with E-state index >= 15 is 0 Å². The van der Waals surface area contributed by atoms with Gasteiger partial charge in [0.15, 0.2) is 0 Å². The lowest BCUT2D eigenvalue weighted by molar-refractivity contribution is -0.123. The topological polar surface area (TPSA) is 69.7 Å². The lowest BCUT2D eigenvalue weighted by Crippen LogP contribution is -2.51. The molecule has 0 radical (unpaired) electrons. The van der Waals surface area contributed by atoms with E-state index in [2.05, 4.69) is 12.2 Å². The predicted octanol–water partition coefficient (Wildman–Crippen LogP) is 3.48. The maximum Gasteiger partial charge on any atom is 0.243 e. The molecule has 2 aromatic rings. The fraction of sp³-hybridized carbons (Fsp3) is 0.435. The summed E-state index contributed by atoms with van der Waals surface area (Å²) in [5.41, 5.74) is 2.02. The second-order valence-corrected chi connectivity index (χ2v) is 10.2. The van der Waals surface area contributed by atoms with E-state index in [0.29, 0.717) is 36.1 Å². The second kappa shape index (κ2) is 10.6. The van der Waals surface area contributed by atoms with Gasteiger partial charge in [-0.1, -0.05) is 55.3 Å². The first kappa shape index (κ1) is 23.7. The van der Waals surface area contributed by atoms with Gasteiger partial charge in [-0.3, -0.25) is 9.69 Å². The van der Waals surface area contributed by atoms with Crippen LogP contribution in [-0.2, 0) is 21.2 Å². The molecule has 1 atom stereocenters. The van der Waals surface area contributed by atoms with Gasteiger partial charge in [0.1, 0.15) is 0 Å². The number of hydrogen-bond acceptors (Lipinski definition) is 4. The van der Waals surface area contributed by atoms with Crippen molar-refractivity contribution in [3.8, 4) is 0 Å². The molecular weight excluding hydrogens is 434 g/mol. The largest absolute Gasteiger partial charge is 0.348 e.